The van der Waals surface area contributed by atoms with Crippen LogP contribution in [0.4, 0.5) is 5.69 Å². The molecule has 0 unspecified atom stereocenters. The van der Waals surface area contributed by atoms with Gasteiger partial charge in [0.25, 0.3) is 0 Å². The first-order chi connectivity index (χ1) is 15.6. The largest absolute Gasteiger partial charge is 0.462 e. The van der Waals surface area contributed by atoms with E-state index in [1.165, 1.54) is 28.6 Å². The number of hydrogen-bond acceptors (Lipinski definition) is 7. The molecule has 32 heavy (non-hydrogen) atoms. The number of ether oxygens (including phenoxy) is 1. The maximum atomic E-state index is 12.8. The van der Waals surface area contributed by atoms with Crippen molar-refractivity contribution in [2.24, 2.45) is 0 Å². The molecule has 0 fully saturated rings. The van der Waals surface area contributed by atoms with Crippen molar-refractivity contribution < 1.29 is 14.3 Å². The number of carbonyl (C=O) groups excluding carboxylic acids is 2. The lowest BCUT2D eigenvalue weighted by Crippen LogP contribution is -2.28. The first-order valence-electron chi connectivity index (χ1n) is 9.80. The smallest absolute Gasteiger partial charge is 0.350 e. The highest BCUT2D eigenvalue weighted by atomic mass is 32.2. The Labute approximate surface area is 187 Å². The molecule has 0 atom stereocenters. The number of rotatable bonds is 7. The van der Waals surface area contributed by atoms with E-state index >= 15 is 0 Å². The van der Waals surface area contributed by atoms with E-state index < -0.39 is 17.6 Å². The Morgan fingerprint density at radius 3 is 2.62 bits per heavy atom. The number of anilines is 1. The minimum atomic E-state index is -0.540. The van der Waals surface area contributed by atoms with Crippen LogP contribution >= 0.6 is 11.8 Å². The van der Waals surface area contributed by atoms with Gasteiger partial charge in [0.1, 0.15) is 11.6 Å². The molecule has 0 radical (unpaired) electrons. The summed E-state index contributed by atoms with van der Waals surface area (Å²) in [5.41, 5.74) is 0.419. The van der Waals surface area contributed by atoms with Crippen LogP contribution in [0.1, 0.15) is 17.3 Å². The third-order valence-corrected chi connectivity index (χ3v) is 5.41. The fraction of sp³-hybridized carbons (Fsp3) is 0.136. The average Bonchev–Trinajstić information content (AvgIpc) is 3.11. The van der Waals surface area contributed by atoms with Crippen LogP contribution in [-0.2, 0) is 16.1 Å². The molecule has 10 heteroatoms. The van der Waals surface area contributed by atoms with Crippen molar-refractivity contribution in [3.05, 3.63) is 83.0 Å². The molecule has 2 aromatic carbocycles. The van der Waals surface area contributed by atoms with E-state index in [0.717, 1.165) is 9.58 Å². The summed E-state index contributed by atoms with van der Waals surface area (Å²) < 4.78 is 7.43. The normalized spacial score (nSPS) is 10.8. The minimum absolute atomic E-state index is 0.217. The van der Waals surface area contributed by atoms with Gasteiger partial charge in [-0.05, 0) is 31.2 Å². The molecule has 0 bridgehead atoms. The van der Waals surface area contributed by atoms with Crippen LogP contribution in [0.5, 0.6) is 0 Å². The number of esters is 1. The predicted molar refractivity (Wildman–Crippen MR) is 119 cm³/mol. The standard InChI is InChI=1S/C22H19N5O4S/c1-2-31-21(29)16-10-6-7-11-17(16)24-18(28)14-27-22(30)26-13-12-23-20(19(26)25-27)32-15-8-4-3-5-9-15/h3-13H,2,14H2,1H3,(H,24,28). The number of carbonyl (C=O) groups is 2. The first-order valence-corrected chi connectivity index (χ1v) is 10.6. The zero-order chi connectivity index (χ0) is 22.5. The van der Waals surface area contributed by atoms with E-state index in [0.29, 0.717) is 16.4 Å². The van der Waals surface area contributed by atoms with Gasteiger partial charge in [-0.2, -0.15) is 0 Å². The van der Waals surface area contributed by atoms with E-state index in [2.05, 4.69) is 15.4 Å². The first kappa shape index (κ1) is 21.3. The van der Waals surface area contributed by atoms with Gasteiger partial charge in [0.2, 0.25) is 5.91 Å². The van der Waals surface area contributed by atoms with Crippen LogP contribution in [0.25, 0.3) is 5.65 Å². The zero-order valence-electron chi connectivity index (χ0n) is 17.1. The summed E-state index contributed by atoms with van der Waals surface area (Å²) in [4.78, 5) is 42.8. The summed E-state index contributed by atoms with van der Waals surface area (Å²) in [7, 11) is 0. The highest BCUT2D eigenvalue weighted by Gasteiger charge is 2.17. The van der Waals surface area contributed by atoms with Crippen LogP contribution in [-0.4, -0.2) is 37.6 Å². The maximum absolute atomic E-state index is 12.8. The quantitative estimate of drug-likeness (QED) is 0.432. The number of nitrogens with zero attached hydrogens (tertiary/aromatic N) is 4. The third-order valence-electron chi connectivity index (χ3n) is 4.42. The summed E-state index contributed by atoms with van der Waals surface area (Å²) in [5.74, 6) is -1.04. The van der Waals surface area contributed by atoms with Gasteiger partial charge in [0, 0.05) is 17.3 Å². The summed E-state index contributed by atoms with van der Waals surface area (Å²) >= 11 is 1.37. The lowest BCUT2D eigenvalue weighted by molar-refractivity contribution is -0.117. The summed E-state index contributed by atoms with van der Waals surface area (Å²) in [6.07, 6.45) is 3.02. The highest BCUT2D eigenvalue weighted by Crippen LogP contribution is 2.27. The van der Waals surface area contributed by atoms with Gasteiger partial charge < -0.3 is 10.1 Å². The van der Waals surface area contributed by atoms with Gasteiger partial charge in [-0.1, -0.05) is 42.1 Å². The molecule has 1 N–H and O–H groups in total. The molecule has 0 aliphatic heterocycles. The summed E-state index contributed by atoms with van der Waals surface area (Å²) in [5, 5.41) is 7.51. The Hall–Kier alpha value is -3.92. The molecule has 9 nitrogen and oxygen atoms in total. The number of nitrogens with one attached hydrogen (secondary N) is 1. The SMILES string of the molecule is CCOC(=O)c1ccccc1NC(=O)Cn1nc2c(Sc3ccccc3)nccn2c1=O. The number of para-hydroxylation sites is 1. The molecule has 162 valence electrons. The van der Waals surface area contributed by atoms with Crippen LogP contribution < -0.4 is 11.0 Å². The number of aromatic nitrogens is 4. The second kappa shape index (κ2) is 9.48. The van der Waals surface area contributed by atoms with E-state index in [1.807, 2.05) is 30.3 Å². The molecule has 2 heterocycles. The van der Waals surface area contributed by atoms with Crippen molar-refractivity contribution in [1.82, 2.24) is 19.2 Å². The Morgan fingerprint density at radius 2 is 1.84 bits per heavy atom. The van der Waals surface area contributed by atoms with Gasteiger partial charge in [-0.15, -0.1) is 5.10 Å². The van der Waals surface area contributed by atoms with Crippen LogP contribution in [0.15, 0.2) is 81.7 Å². The molecule has 4 aromatic rings. The molecule has 0 saturated carbocycles. The molecule has 0 saturated heterocycles. The second-order valence-corrected chi connectivity index (χ2v) is 7.66. The van der Waals surface area contributed by atoms with E-state index in [-0.39, 0.29) is 18.7 Å². The summed E-state index contributed by atoms with van der Waals surface area (Å²) in [6, 6.07) is 16.1. The topological polar surface area (TPSA) is 108 Å². The Balaban J connectivity index is 1.57. The number of benzene rings is 2. The highest BCUT2D eigenvalue weighted by molar-refractivity contribution is 7.99. The molecule has 0 aliphatic carbocycles. The van der Waals surface area contributed by atoms with Gasteiger partial charge in [0.15, 0.2) is 5.65 Å². The number of fused-ring (bicyclic) bond motifs is 1. The monoisotopic (exact) mass is 449 g/mol. The molecule has 1 amide bonds. The molecule has 0 spiro atoms. The lowest BCUT2D eigenvalue weighted by atomic mass is 10.2. The predicted octanol–water partition coefficient (Wildman–Crippen LogP) is 2.86. The maximum Gasteiger partial charge on any atom is 0.350 e. The fourth-order valence-corrected chi connectivity index (χ4v) is 3.87. The minimum Gasteiger partial charge on any atom is -0.462 e. The van der Waals surface area contributed by atoms with Crippen molar-refractivity contribution in [3.63, 3.8) is 0 Å². The molecule has 0 aliphatic rings. The molecular formula is C22H19N5O4S. The van der Waals surface area contributed by atoms with Gasteiger partial charge in [-0.25, -0.2) is 23.7 Å². The Bertz CT molecular complexity index is 1330. The number of hydrogen-bond donors (Lipinski definition) is 1. The van der Waals surface area contributed by atoms with Crippen molar-refractivity contribution in [3.8, 4) is 0 Å². The number of amides is 1. The van der Waals surface area contributed by atoms with E-state index in [9.17, 15) is 14.4 Å². The van der Waals surface area contributed by atoms with E-state index in [4.69, 9.17) is 4.74 Å². The average molecular weight is 449 g/mol. The van der Waals surface area contributed by atoms with Gasteiger partial charge in [0.05, 0.1) is 17.9 Å². The van der Waals surface area contributed by atoms with Crippen molar-refractivity contribution in [2.75, 3.05) is 11.9 Å². The van der Waals surface area contributed by atoms with Crippen molar-refractivity contribution in [1.29, 1.82) is 0 Å². The van der Waals surface area contributed by atoms with Crippen LogP contribution in [0.3, 0.4) is 0 Å². The van der Waals surface area contributed by atoms with Gasteiger partial charge in [-0.3, -0.25) is 4.79 Å². The van der Waals surface area contributed by atoms with Crippen LogP contribution in [0, 0.1) is 0 Å². The fourth-order valence-electron chi connectivity index (χ4n) is 3.01. The van der Waals surface area contributed by atoms with Gasteiger partial charge >= 0.3 is 11.7 Å². The Morgan fingerprint density at radius 1 is 1.09 bits per heavy atom. The van der Waals surface area contributed by atoms with E-state index in [1.54, 1.807) is 31.2 Å². The Kier molecular flexibility index (Phi) is 6.31. The van der Waals surface area contributed by atoms with Crippen LogP contribution in [0.2, 0.25) is 0 Å². The lowest BCUT2D eigenvalue weighted by Gasteiger charge is -2.10. The third kappa shape index (κ3) is 4.54. The molecule has 4 rings (SSSR count). The van der Waals surface area contributed by atoms with Crippen molar-refractivity contribution >= 4 is 35.0 Å². The second-order valence-electron chi connectivity index (χ2n) is 6.60. The summed E-state index contributed by atoms with van der Waals surface area (Å²) in [6.45, 7) is 1.59. The molecular weight excluding hydrogens is 430 g/mol. The zero-order valence-corrected chi connectivity index (χ0v) is 17.9. The molecule has 2 aromatic heterocycles. The van der Waals surface area contributed by atoms with Crippen molar-refractivity contribution in [2.45, 2.75) is 23.4 Å².